The van der Waals surface area contributed by atoms with Crippen molar-refractivity contribution in [3.8, 4) is 0 Å². The zero-order chi connectivity index (χ0) is 12.1. The summed E-state index contributed by atoms with van der Waals surface area (Å²) in [7, 11) is 1.58. The van der Waals surface area contributed by atoms with Crippen LogP contribution in [0.4, 0.5) is 11.4 Å². The lowest BCUT2D eigenvalue weighted by Gasteiger charge is -2.12. The molecule has 0 spiro atoms. The maximum Gasteiger partial charge on any atom is 0.310 e. The predicted octanol–water partition coefficient (Wildman–Crippen LogP) is 2.70. The van der Waals surface area contributed by atoms with E-state index in [2.05, 4.69) is 5.32 Å². The molecule has 1 N–H and O–H groups in total. The van der Waals surface area contributed by atoms with Gasteiger partial charge in [0.25, 0.3) is 0 Å². The number of methoxy groups -OCH3 is 1. The van der Waals surface area contributed by atoms with Crippen LogP contribution in [0, 0.1) is 10.1 Å². The van der Waals surface area contributed by atoms with E-state index in [1.54, 1.807) is 19.2 Å². The zero-order valence-electron chi connectivity index (χ0n) is 9.07. The lowest BCUT2D eigenvalue weighted by atomic mass is 10.2. The molecule has 5 nitrogen and oxygen atoms in total. The lowest BCUT2D eigenvalue weighted by Crippen LogP contribution is -2.18. The Labute approximate surface area is 98.5 Å². The molecule has 1 unspecified atom stereocenters. The third-order valence-corrected chi connectivity index (χ3v) is 2.46. The fourth-order valence-electron chi connectivity index (χ4n) is 1.18. The van der Waals surface area contributed by atoms with Crippen LogP contribution >= 0.6 is 11.6 Å². The van der Waals surface area contributed by atoms with Gasteiger partial charge in [0.1, 0.15) is 10.7 Å². The Bertz CT molecular complexity index is 384. The second-order valence-corrected chi connectivity index (χ2v) is 3.73. The molecule has 0 saturated heterocycles. The Hall–Kier alpha value is -1.33. The van der Waals surface area contributed by atoms with Gasteiger partial charge >= 0.3 is 5.69 Å². The normalized spacial score (nSPS) is 12.2. The van der Waals surface area contributed by atoms with Gasteiger partial charge in [0.05, 0.1) is 11.0 Å². The number of hydrogen-bond acceptors (Lipinski definition) is 4. The SMILES string of the molecule is COC(C)CNc1cccc(Cl)c1[N+](=O)[O-]. The molecule has 0 aliphatic rings. The number of halogens is 1. The molecular weight excluding hydrogens is 232 g/mol. The van der Waals surface area contributed by atoms with E-state index in [0.717, 1.165) is 0 Å². The number of nitro benzene ring substituents is 1. The average Bonchev–Trinajstić information content (AvgIpc) is 2.25. The Morgan fingerprint density at radius 3 is 2.88 bits per heavy atom. The monoisotopic (exact) mass is 244 g/mol. The summed E-state index contributed by atoms with van der Waals surface area (Å²) in [5.41, 5.74) is 0.300. The first-order chi connectivity index (χ1) is 7.56. The average molecular weight is 245 g/mol. The summed E-state index contributed by atoms with van der Waals surface area (Å²) in [4.78, 5) is 10.3. The van der Waals surface area contributed by atoms with Crippen molar-refractivity contribution in [2.45, 2.75) is 13.0 Å². The van der Waals surface area contributed by atoms with E-state index in [9.17, 15) is 10.1 Å². The third-order valence-electron chi connectivity index (χ3n) is 2.15. The number of nitrogens with one attached hydrogen (secondary N) is 1. The van der Waals surface area contributed by atoms with Crippen LogP contribution in [0.15, 0.2) is 18.2 Å². The largest absolute Gasteiger partial charge is 0.380 e. The fraction of sp³-hybridized carbons (Fsp3) is 0.400. The summed E-state index contributed by atoms with van der Waals surface area (Å²) in [6.07, 6.45) is -0.0291. The molecule has 0 aliphatic heterocycles. The van der Waals surface area contributed by atoms with Gasteiger partial charge in [0, 0.05) is 13.7 Å². The molecule has 0 amide bonds. The number of nitro groups is 1. The van der Waals surface area contributed by atoms with Gasteiger partial charge in [0.15, 0.2) is 0 Å². The van der Waals surface area contributed by atoms with Crippen LogP contribution in [0.25, 0.3) is 0 Å². The van der Waals surface area contributed by atoms with Crippen molar-refractivity contribution >= 4 is 23.0 Å². The molecule has 6 heteroatoms. The molecule has 16 heavy (non-hydrogen) atoms. The Morgan fingerprint density at radius 1 is 1.62 bits per heavy atom. The van der Waals surface area contributed by atoms with Crippen LogP contribution in [-0.4, -0.2) is 24.7 Å². The summed E-state index contributed by atoms with van der Waals surface area (Å²) < 4.78 is 5.04. The smallest absolute Gasteiger partial charge is 0.310 e. The second-order valence-electron chi connectivity index (χ2n) is 3.32. The van der Waals surface area contributed by atoms with E-state index in [4.69, 9.17) is 16.3 Å². The van der Waals surface area contributed by atoms with Gasteiger partial charge in [-0.1, -0.05) is 17.7 Å². The molecule has 0 saturated carbocycles. The second kappa shape index (κ2) is 5.67. The first kappa shape index (κ1) is 12.7. The molecule has 1 aromatic rings. The third kappa shape index (κ3) is 3.08. The maximum absolute atomic E-state index is 10.8. The van der Waals surface area contributed by atoms with Gasteiger partial charge in [0.2, 0.25) is 0 Å². The quantitative estimate of drug-likeness (QED) is 0.639. The van der Waals surface area contributed by atoms with E-state index < -0.39 is 4.92 Å². The Kier molecular flexibility index (Phi) is 4.52. The van der Waals surface area contributed by atoms with Crippen LogP contribution in [0.2, 0.25) is 5.02 Å². The van der Waals surface area contributed by atoms with Crippen LogP contribution in [-0.2, 0) is 4.74 Å². The number of anilines is 1. The molecule has 0 radical (unpaired) electrons. The highest BCUT2D eigenvalue weighted by molar-refractivity contribution is 6.33. The van der Waals surface area contributed by atoms with Gasteiger partial charge in [-0.15, -0.1) is 0 Å². The first-order valence-corrected chi connectivity index (χ1v) is 5.13. The minimum Gasteiger partial charge on any atom is -0.380 e. The number of nitrogens with zero attached hydrogens (tertiary/aromatic N) is 1. The fourth-order valence-corrected chi connectivity index (χ4v) is 1.42. The highest BCUT2D eigenvalue weighted by atomic mass is 35.5. The summed E-state index contributed by atoms with van der Waals surface area (Å²) in [6, 6.07) is 4.77. The van der Waals surface area contributed by atoms with Crippen LogP contribution in [0.5, 0.6) is 0 Å². The van der Waals surface area contributed by atoms with E-state index in [0.29, 0.717) is 12.2 Å². The molecular formula is C10H13ClN2O3. The highest BCUT2D eigenvalue weighted by Crippen LogP contribution is 2.32. The number of benzene rings is 1. The number of rotatable bonds is 5. The van der Waals surface area contributed by atoms with Crippen LogP contribution < -0.4 is 5.32 Å². The Morgan fingerprint density at radius 2 is 2.31 bits per heavy atom. The van der Waals surface area contributed by atoms with E-state index in [1.165, 1.54) is 6.07 Å². The van der Waals surface area contributed by atoms with Crippen LogP contribution in [0.3, 0.4) is 0 Å². The van der Waals surface area contributed by atoms with E-state index in [-0.39, 0.29) is 16.8 Å². The molecule has 88 valence electrons. The molecule has 0 aromatic heterocycles. The van der Waals surface area contributed by atoms with Crippen molar-refractivity contribution in [1.29, 1.82) is 0 Å². The summed E-state index contributed by atoms with van der Waals surface area (Å²) >= 11 is 5.76. The first-order valence-electron chi connectivity index (χ1n) is 4.75. The van der Waals surface area contributed by atoms with Crippen LogP contribution in [0.1, 0.15) is 6.92 Å². The summed E-state index contributed by atoms with van der Waals surface area (Å²) in [5, 5.41) is 13.9. The van der Waals surface area contributed by atoms with Crippen molar-refractivity contribution in [2.75, 3.05) is 19.0 Å². The van der Waals surface area contributed by atoms with Crippen molar-refractivity contribution in [1.82, 2.24) is 0 Å². The van der Waals surface area contributed by atoms with Gasteiger partial charge in [-0.3, -0.25) is 10.1 Å². The maximum atomic E-state index is 10.8. The standard InChI is InChI=1S/C10H13ClN2O3/c1-7(16-2)6-12-9-5-3-4-8(11)10(9)13(14)15/h3-5,7,12H,6H2,1-2H3. The van der Waals surface area contributed by atoms with E-state index in [1.807, 2.05) is 6.92 Å². The molecule has 0 heterocycles. The minimum atomic E-state index is -0.498. The molecule has 1 atom stereocenters. The molecule has 0 aliphatic carbocycles. The van der Waals surface area contributed by atoms with Gasteiger partial charge in [-0.05, 0) is 19.1 Å². The zero-order valence-corrected chi connectivity index (χ0v) is 9.82. The lowest BCUT2D eigenvalue weighted by molar-refractivity contribution is -0.383. The molecule has 1 rings (SSSR count). The molecule has 1 aromatic carbocycles. The highest BCUT2D eigenvalue weighted by Gasteiger charge is 2.18. The molecule has 0 fully saturated rings. The Balaban J connectivity index is 2.87. The van der Waals surface area contributed by atoms with Crippen molar-refractivity contribution < 1.29 is 9.66 Å². The van der Waals surface area contributed by atoms with E-state index >= 15 is 0 Å². The van der Waals surface area contributed by atoms with Gasteiger partial charge < -0.3 is 10.1 Å². The number of ether oxygens (including phenoxy) is 1. The summed E-state index contributed by atoms with van der Waals surface area (Å²) in [6.45, 7) is 2.35. The van der Waals surface area contributed by atoms with Crippen molar-refractivity contribution in [2.24, 2.45) is 0 Å². The molecule has 0 bridgehead atoms. The van der Waals surface area contributed by atoms with Crippen molar-refractivity contribution in [3.63, 3.8) is 0 Å². The topological polar surface area (TPSA) is 64.4 Å². The summed E-state index contributed by atoms with van der Waals surface area (Å²) in [5.74, 6) is 0. The number of hydrogen-bond donors (Lipinski definition) is 1. The van der Waals surface area contributed by atoms with Gasteiger partial charge in [-0.2, -0.15) is 0 Å². The predicted molar refractivity (Wildman–Crippen MR) is 63.1 cm³/mol. The van der Waals surface area contributed by atoms with Crippen molar-refractivity contribution in [3.05, 3.63) is 33.3 Å². The minimum absolute atomic E-state index is 0.0291. The number of para-hydroxylation sites is 1. The van der Waals surface area contributed by atoms with Gasteiger partial charge in [-0.25, -0.2) is 0 Å².